The standard InChI is InChI=1S/C11H13BrClNO.ClH/c1-2-3-4-10(14)8-5-7(13)6-9(12)11(8)15;/h2,5-6,10,15H,1,3-4,14H2;1H/t10-;/m1./s1. The zero-order chi connectivity index (χ0) is 11.4. The lowest BCUT2D eigenvalue weighted by Crippen LogP contribution is -2.10. The third-order valence-electron chi connectivity index (χ3n) is 2.14. The van der Waals surface area contributed by atoms with Crippen LogP contribution < -0.4 is 5.73 Å². The third kappa shape index (κ3) is 3.98. The van der Waals surface area contributed by atoms with Crippen LogP contribution in [0.4, 0.5) is 0 Å². The summed E-state index contributed by atoms with van der Waals surface area (Å²) in [5, 5.41) is 10.3. The summed E-state index contributed by atoms with van der Waals surface area (Å²) < 4.78 is 0.569. The zero-order valence-electron chi connectivity index (χ0n) is 8.62. The number of benzene rings is 1. The van der Waals surface area contributed by atoms with Crippen molar-refractivity contribution in [3.8, 4) is 5.75 Å². The van der Waals surface area contributed by atoms with Gasteiger partial charge < -0.3 is 10.8 Å². The van der Waals surface area contributed by atoms with Crippen LogP contribution in [-0.4, -0.2) is 5.11 Å². The second-order valence-corrected chi connectivity index (χ2v) is 4.59. The molecule has 5 heteroatoms. The first-order chi connectivity index (χ1) is 7.06. The summed E-state index contributed by atoms with van der Waals surface area (Å²) in [7, 11) is 0. The molecule has 0 aliphatic heterocycles. The third-order valence-corrected chi connectivity index (χ3v) is 2.96. The van der Waals surface area contributed by atoms with Gasteiger partial charge >= 0.3 is 0 Å². The van der Waals surface area contributed by atoms with Crippen molar-refractivity contribution in [1.82, 2.24) is 0 Å². The minimum Gasteiger partial charge on any atom is -0.506 e. The Bertz CT molecular complexity index is 371. The molecule has 2 nitrogen and oxygen atoms in total. The summed E-state index contributed by atoms with van der Waals surface area (Å²) in [6.07, 6.45) is 3.35. The van der Waals surface area contributed by atoms with Gasteiger partial charge in [0.15, 0.2) is 0 Å². The molecule has 1 aromatic carbocycles. The summed E-state index contributed by atoms with van der Waals surface area (Å²) in [5.74, 6) is 0.163. The summed E-state index contributed by atoms with van der Waals surface area (Å²) in [5.41, 5.74) is 6.60. The van der Waals surface area contributed by atoms with Gasteiger partial charge in [-0.25, -0.2) is 0 Å². The largest absolute Gasteiger partial charge is 0.506 e. The highest BCUT2D eigenvalue weighted by molar-refractivity contribution is 9.10. The van der Waals surface area contributed by atoms with Crippen LogP contribution in [-0.2, 0) is 0 Å². The fourth-order valence-electron chi connectivity index (χ4n) is 1.32. The first-order valence-electron chi connectivity index (χ1n) is 4.60. The Balaban J connectivity index is 0.00000225. The molecule has 90 valence electrons. The lowest BCUT2D eigenvalue weighted by Gasteiger charge is -2.14. The van der Waals surface area contributed by atoms with Gasteiger partial charge in [0.1, 0.15) is 5.75 Å². The number of nitrogens with two attached hydrogens (primary N) is 1. The molecular formula is C11H14BrCl2NO. The van der Waals surface area contributed by atoms with Gasteiger partial charge in [-0.2, -0.15) is 0 Å². The van der Waals surface area contributed by atoms with Gasteiger partial charge in [0.25, 0.3) is 0 Å². The first kappa shape index (κ1) is 15.8. The van der Waals surface area contributed by atoms with Crippen LogP contribution in [0.3, 0.4) is 0 Å². The van der Waals surface area contributed by atoms with Crippen LogP contribution in [0.2, 0.25) is 5.02 Å². The average molecular weight is 327 g/mol. The smallest absolute Gasteiger partial charge is 0.134 e. The zero-order valence-corrected chi connectivity index (χ0v) is 11.8. The van der Waals surface area contributed by atoms with Gasteiger partial charge in [-0.1, -0.05) is 17.7 Å². The number of halogens is 3. The highest BCUT2D eigenvalue weighted by Crippen LogP contribution is 2.35. The molecule has 16 heavy (non-hydrogen) atoms. The summed E-state index contributed by atoms with van der Waals surface area (Å²) in [6.45, 7) is 3.63. The van der Waals surface area contributed by atoms with E-state index in [-0.39, 0.29) is 24.2 Å². The number of hydrogen-bond donors (Lipinski definition) is 2. The molecule has 1 aromatic rings. The van der Waals surface area contributed by atoms with Crippen LogP contribution in [0.15, 0.2) is 29.3 Å². The number of hydrogen-bond acceptors (Lipinski definition) is 2. The van der Waals surface area contributed by atoms with Gasteiger partial charge in [0.2, 0.25) is 0 Å². The van der Waals surface area contributed by atoms with E-state index < -0.39 is 0 Å². The topological polar surface area (TPSA) is 46.2 Å². The van der Waals surface area contributed by atoms with E-state index in [4.69, 9.17) is 17.3 Å². The maximum Gasteiger partial charge on any atom is 0.134 e. The molecule has 0 amide bonds. The monoisotopic (exact) mass is 325 g/mol. The van der Waals surface area contributed by atoms with Gasteiger partial charge in [0.05, 0.1) is 4.47 Å². The van der Waals surface area contributed by atoms with E-state index in [1.165, 1.54) is 0 Å². The molecule has 0 saturated carbocycles. The lowest BCUT2D eigenvalue weighted by atomic mass is 10.0. The molecule has 0 aliphatic carbocycles. The van der Waals surface area contributed by atoms with Crippen molar-refractivity contribution in [3.05, 3.63) is 39.8 Å². The summed E-state index contributed by atoms with van der Waals surface area (Å²) in [4.78, 5) is 0. The molecule has 0 unspecified atom stereocenters. The molecule has 0 saturated heterocycles. The van der Waals surface area contributed by atoms with Gasteiger partial charge in [-0.05, 0) is 40.9 Å². The van der Waals surface area contributed by atoms with E-state index in [0.29, 0.717) is 15.1 Å². The van der Waals surface area contributed by atoms with Crippen LogP contribution in [0, 0.1) is 0 Å². The highest BCUT2D eigenvalue weighted by Gasteiger charge is 2.13. The maximum absolute atomic E-state index is 9.78. The van der Waals surface area contributed by atoms with Gasteiger partial charge in [0, 0.05) is 16.6 Å². The molecule has 0 aliphatic rings. The van der Waals surface area contributed by atoms with Gasteiger partial charge in [-0.15, -0.1) is 19.0 Å². The van der Waals surface area contributed by atoms with Crippen molar-refractivity contribution in [2.75, 3.05) is 0 Å². The van der Waals surface area contributed by atoms with Crippen LogP contribution >= 0.6 is 39.9 Å². The van der Waals surface area contributed by atoms with Crippen LogP contribution in [0.5, 0.6) is 5.75 Å². The number of phenolic OH excluding ortho intramolecular Hbond substituents is 1. The Hall–Kier alpha value is -0.220. The normalized spacial score (nSPS) is 11.7. The first-order valence-corrected chi connectivity index (χ1v) is 5.77. The Kier molecular flexibility index (Phi) is 7.07. The molecule has 0 bridgehead atoms. The van der Waals surface area contributed by atoms with E-state index >= 15 is 0 Å². The Labute approximate surface area is 115 Å². The van der Waals surface area contributed by atoms with Crippen molar-refractivity contribution >= 4 is 39.9 Å². The number of rotatable bonds is 4. The maximum atomic E-state index is 9.78. The minimum atomic E-state index is -0.224. The highest BCUT2D eigenvalue weighted by atomic mass is 79.9. The van der Waals surface area contributed by atoms with Crippen molar-refractivity contribution < 1.29 is 5.11 Å². The lowest BCUT2D eigenvalue weighted by molar-refractivity contribution is 0.455. The Morgan fingerprint density at radius 2 is 2.19 bits per heavy atom. The Morgan fingerprint density at radius 3 is 2.75 bits per heavy atom. The number of phenols is 1. The molecule has 0 fully saturated rings. The molecular weight excluding hydrogens is 313 g/mol. The predicted octanol–water partition coefficient (Wildman–Crippen LogP) is 4.20. The molecule has 1 rings (SSSR count). The van der Waals surface area contributed by atoms with Gasteiger partial charge in [-0.3, -0.25) is 0 Å². The van der Waals surface area contributed by atoms with E-state index in [9.17, 15) is 5.11 Å². The second kappa shape index (κ2) is 7.17. The summed E-state index contributed by atoms with van der Waals surface area (Å²) in [6, 6.07) is 3.11. The molecule has 0 spiro atoms. The molecule has 0 radical (unpaired) electrons. The van der Waals surface area contributed by atoms with Crippen molar-refractivity contribution in [2.24, 2.45) is 5.73 Å². The number of aromatic hydroxyl groups is 1. The minimum absolute atomic E-state index is 0. The number of allylic oxidation sites excluding steroid dienone is 1. The molecule has 0 heterocycles. The molecule has 1 atom stereocenters. The van der Waals surface area contributed by atoms with Crippen molar-refractivity contribution in [2.45, 2.75) is 18.9 Å². The molecule has 3 N–H and O–H groups in total. The van der Waals surface area contributed by atoms with E-state index in [0.717, 1.165) is 12.8 Å². The Morgan fingerprint density at radius 1 is 1.56 bits per heavy atom. The quantitative estimate of drug-likeness (QED) is 0.815. The fraction of sp³-hybridized carbons (Fsp3) is 0.273. The average Bonchev–Trinajstić information content (AvgIpc) is 2.19. The van der Waals surface area contributed by atoms with E-state index in [1.54, 1.807) is 18.2 Å². The van der Waals surface area contributed by atoms with Crippen molar-refractivity contribution in [3.63, 3.8) is 0 Å². The van der Waals surface area contributed by atoms with Crippen LogP contribution in [0.1, 0.15) is 24.4 Å². The fourth-order valence-corrected chi connectivity index (χ4v) is 2.16. The predicted molar refractivity (Wildman–Crippen MR) is 74.4 cm³/mol. The second-order valence-electron chi connectivity index (χ2n) is 3.30. The SMILES string of the molecule is C=CCC[C@@H](N)c1cc(Cl)cc(Br)c1O.Cl. The summed E-state index contributed by atoms with van der Waals surface area (Å²) >= 11 is 9.11. The van der Waals surface area contributed by atoms with Crippen molar-refractivity contribution in [1.29, 1.82) is 0 Å². The van der Waals surface area contributed by atoms with E-state index in [2.05, 4.69) is 22.5 Å². The molecule has 0 aromatic heterocycles. The van der Waals surface area contributed by atoms with Crippen LogP contribution in [0.25, 0.3) is 0 Å². The van der Waals surface area contributed by atoms with E-state index in [1.807, 2.05) is 0 Å².